The number of hydrogen-bond acceptors (Lipinski definition) is 1. The van der Waals surface area contributed by atoms with E-state index in [1.54, 1.807) is 11.9 Å². The van der Waals surface area contributed by atoms with Gasteiger partial charge in [-0.25, -0.2) is 0 Å². The molecule has 0 aliphatic rings. The summed E-state index contributed by atoms with van der Waals surface area (Å²) in [6.45, 7) is 4.41. The molecule has 0 aliphatic heterocycles. The first-order valence-corrected chi connectivity index (χ1v) is 3.07. The van der Waals surface area contributed by atoms with Gasteiger partial charge in [0.2, 0.25) is 6.41 Å². The Labute approximate surface area is 56.2 Å². The van der Waals surface area contributed by atoms with Gasteiger partial charge in [0.25, 0.3) is 0 Å². The minimum Gasteiger partial charge on any atom is -0.348 e. The highest BCUT2D eigenvalue weighted by atomic mass is 16.1. The fourth-order valence-corrected chi connectivity index (χ4v) is 0.538. The molecule has 0 aromatic carbocycles. The summed E-state index contributed by atoms with van der Waals surface area (Å²) >= 11 is 0. The van der Waals surface area contributed by atoms with E-state index in [1.807, 2.05) is 6.08 Å². The van der Waals surface area contributed by atoms with Crippen LogP contribution in [0.5, 0.6) is 0 Å². The van der Waals surface area contributed by atoms with Crippen LogP contribution in [-0.2, 0) is 4.79 Å². The summed E-state index contributed by atoms with van der Waals surface area (Å²) in [6.07, 6.45) is 4.69. The van der Waals surface area contributed by atoms with Crippen LogP contribution in [0.2, 0.25) is 0 Å². The van der Waals surface area contributed by atoms with Gasteiger partial charge in [0.1, 0.15) is 0 Å². The number of amides is 1. The summed E-state index contributed by atoms with van der Waals surface area (Å²) < 4.78 is 0. The van der Waals surface area contributed by atoms with Crippen LogP contribution < -0.4 is 0 Å². The first-order valence-electron chi connectivity index (χ1n) is 3.07. The van der Waals surface area contributed by atoms with E-state index >= 15 is 0 Å². The van der Waals surface area contributed by atoms with Gasteiger partial charge >= 0.3 is 0 Å². The Morgan fingerprint density at radius 2 is 2.33 bits per heavy atom. The number of hydrogen-bond donors (Lipinski definition) is 0. The van der Waals surface area contributed by atoms with Crippen molar-refractivity contribution in [3.05, 3.63) is 12.7 Å². The van der Waals surface area contributed by atoms with Gasteiger partial charge < -0.3 is 4.90 Å². The summed E-state index contributed by atoms with van der Waals surface area (Å²) in [6, 6.07) is 0. The van der Waals surface area contributed by atoms with Crippen LogP contribution in [-0.4, -0.2) is 24.9 Å². The van der Waals surface area contributed by atoms with Crippen LogP contribution in [0.15, 0.2) is 12.7 Å². The van der Waals surface area contributed by atoms with Gasteiger partial charge in [-0.1, -0.05) is 6.08 Å². The van der Waals surface area contributed by atoms with Crippen molar-refractivity contribution in [3.63, 3.8) is 0 Å². The topological polar surface area (TPSA) is 20.3 Å². The van der Waals surface area contributed by atoms with Gasteiger partial charge in [-0.15, -0.1) is 6.58 Å². The fraction of sp³-hybridized carbons (Fsp3) is 0.571. The van der Waals surface area contributed by atoms with E-state index in [2.05, 4.69) is 6.58 Å². The van der Waals surface area contributed by atoms with E-state index in [0.29, 0.717) is 0 Å². The Hall–Kier alpha value is -0.790. The van der Waals surface area contributed by atoms with E-state index < -0.39 is 0 Å². The minimum absolute atomic E-state index is 0.829. The number of carbonyl (C=O) groups excluding carboxylic acids is 1. The maximum Gasteiger partial charge on any atom is 0.209 e. The molecule has 52 valence electrons. The van der Waals surface area contributed by atoms with E-state index in [4.69, 9.17) is 0 Å². The molecule has 0 unspecified atom stereocenters. The molecule has 0 atom stereocenters. The summed E-state index contributed by atoms with van der Waals surface area (Å²) in [5.74, 6) is 0. The van der Waals surface area contributed by atoms with Gasteiger partial charge in [0.05, 0.1) is 0 Å². The highest BCUT2D eigenvalue weighted by molar-refractivity contribution is 5.46. The molecule has 1 amide bonds. The van der Waals surface area contributed by atoms with E-state index in [9.17, 15) is 4.79 Å². The van der Waals surface area contributed by atoms with Gasteiger partial charge in [-0.2, -0.15) is 0 Å². The Balaban J connectivity index is 3.05. The quantitative estimate of drug-likeness (QED) is 0.307. The van der Waals surface area contributed by atoms with Gasteiger partial charge in [-0.05, 0) is 12.8 Å². The second kappa shape index (κ2) is 5.35. The van der Waals surface area contributed by atoms with E-state index in [1.165, 1.54) is 0 Å². The Morgan fingerprint density at radius 1 is 1.67 bits per heavy atom. The van der Waals surface area contributed by atoms with Crippen molar-refractivity contribution in [3.8, 4) is 0 Å². The molecule has 0 saturated carbocycles. The molecule has 0 bridgehead atoms. The normalized spacial score (nSPS) is 8.56. The SMILES string of the molecule is C=CCCCN(C)C=O. The van der Waals surface area contributed by atoms with Crippen molar-refractivity contribution >= 4 is 6.41 Å². The molecule has 0 radical (unpaired) electrons. The molecule has 2 nitrogen and oxygen atoms in total. The van der Waals surface area contributed by atoms with E-state index in [0.717, 1.165) is 25.8 Å². The molecule has 0 aromatic heterocycles. The standard InChI is InChI=1S/C7H13NO/c1-3-4-5-6-8(2)7-9/h3,7H,1,4-6H2,2H3. The number of unbranched alkanes of at least 4 members (excludes halogenated alkanes) is 1. The molecular formula is C7H13NO. The Morgan fingerprint density at radius 3 is 2.78 bits per heavy atom. The Bertz CT molecular complexity index is 90.9. The zero-order valence-corrected chi connectivity index (χ0v) is 5.84. The monoisotopic (exact) mass is 127 g/mol. The summed E-state index contributed by atoms with van der Waals surface area (Å²) in [4.78, 5) is 11.6. The van der Waals surface area contributed by atoms with Crippen molar-refractivity contribution < 1.29 is 4.79 Å². The zero-order chi connectivity index (χ0) is 7.11. The second-order valence-corrected chi connectivity index (χ2v) is 2.02. The fourth-order valence-electron chi connectivity index (χ4n) is 0.538. The first kappa shape index (κ1) is 8.21. The molecule has 0 saturated heterocycles. The molecule has 9 heavy (non-hydrogen) atoms. The average Bonchev–Trinajstić information content (AvgIpc) is 1.89. The summed E-state index contributed by atoms with van der Waals surface area (Å²) in [7, 11) is 1.77. The van der Waals surface area contributed by atoms with Crippen molar-refractivity contribution in [1.82, 2.24) is 4.90 Å². The predicted octanol–water partition coefficient (Wildman–Crippen LogP) is 1.04. The molecule has 0 fully saturated rings. The second-order valence-electron chi connectivity index (χ2n) is 2.02. The number of carbonyl (C=O) groups is 1. The minimum atomic E-state index is 0.829. The lowest BCUT2D eigenvalue weighted by Gasteiger charge is -2.07. The van der Waals surface area contributed by atoms with Crippen molar-refractivity contribution in [2.24, 2.45) is 0 Å². The van der Waals surface area contributed by atoms with Crippen LogP contribution in [0.4, 0.5) is 0 Å². The molecule has 0 aromatic rings. The summed E-state index contributed by atoms with van der Waals surface area (Å²) in [5, 5.41) is 0. The zero-order valence-electron chi connectivity index (χ0n) is 5.84. The van der Waals surface area contributed by atoms with Crippen LogP contribution in [0.25, 0.3) is 0 Å². The molecule has 0 aliphatic carbocycles. The lowest BCUT2D eigenvalue weighted by atomic mass is 10.3. The smallest absolute Gasteiger partial charge is 0.209 e. The van der Waals surface area contributed by atoms with Crippen LogP contribution in [0.3, 0.4) is 0 Å². The number of allylic oxidation sites excluding steroid dienone is 1. The van der Waals surface area contributed by atoms with Gasteiger partial charge in [0.15, 0.2) is 0 Å². The molecule has 0 rings (SSSR count). The number of rotatable bonds is 5. The third-order valence-corrected chi connectivity index (χ3v) is 1.10. The van der Waals surface area contributed by atoms with Crippen LogP contribution in [0, 0.1) is 0 Å². The van der Waals surface area contributed by atoms with Crippen molar-refractivity contribution in [1.29, 1.82) is 0 Å². The predicted molar refractivity (Wildman–Crippen MR) is 38.1 cm³/mol. The molecule has 0 heterocycles. The summed E-state index contributed by atoms with van der Waals surface area (Å²) in [5.41, 5.74) is 0. The lowest BCUT2D eigenvalue weighted by molar-refractivity contribution is -0.117. The lowest BCUT2D eigenvalue weighted by Crippen LogP contribution is -2.16. The van der Waals surface area contributed by atoms with Crippen molar-refractivity contribution in [2.75, 3.05) is 13.6 Å². The maximum atomic E-state index is 10.00. The molecule has 0 N–H and O–H groups in total. The number of nitrogens with zero attached hydrogens (tertiary/aromatic N) is 1. The van der Waals surface area contributed by atoms with Crippen LogP contribution in [0.1, 0.15) is 12.8 Å². The third kappa shape index (κ3) is 5.07. The van der Waals surface area contributed by atoms with E-state index in [-0.39, 0.29) is 0 Å². The van der Waals surface area contributed by atoms with Gasteiger partial charge in [-0.3, -0.25) is 4.79 Å². The molecule has 0 spiro atoms. The first-order chi connectivity index (χ1) is 4.31. The third-order valence-electron chi connectivity index (χ3n) is 1.10. The molecular weight excluding hydrogens is 114 g/mol. The largest absolute Gasteiger partial charge is 0.348 e. The van der Waals surface area contributed by atoms with Crippen LogP contribution >= 0.6 is 0 Å². The maximum absolute atomic E-state index is 10.00. The molecule has 2 heteroatoms. The van der Waals surface area contributed by atoms with Crippen molar-refractivity contribution in [2.45, 2.75) is 12.8 Å². The average molecular weight is 127 g/mol. The Kier molecular flexibility index (Phi) is 4.88. The highest BCUT2D eigenvalue weighted by Crippen LogP contribution is 1.89. The van der Waals surface area contributed by atoms with Gasteiger partial charge in [0, 0.05) is 13.6 Å². The highest BCUT2D eigenvalue weighted by Gasteiger charge is 1.88.